The van der Waals surface area contributed by atoms with Crippen LogP contribution >= 0.6 is 15.9 Å². The van der Waals surface area contributed by atoms with Crippen molar-refractivity contribution in [1.29, 1.82) is 0 Å². The number of ether oxygens (including phenoxy) is 2. The number of anilines is 1. The van der Waals surface area contributed by atoms with Crippen molar-refractivity contribution in [2.45, 2.75) is 5.92 Å². The monoisotopic (exact) mass is 467 g/mol. The van der Waals surface area contributed by atoms with E-state index in [1.807, 2.05) is 36.4 Å². The first-order chi connectivity index (χ1) is 14.5. The van der Waals surface area contributed by atoms with E-state index in [1.54, 1.807) is 12.1 Å². The van der Waals surface area contributed by atoms with Gasteiger partial charge in [0.05, 0.1) is 7.11 Å². The van der Waals surface area contributed by atoms with Crippen LogP contribution in [-0.4, -0.2) is 30.9 Å². The van der Waals surface area contributed by atoms with Crippen LogP contribution in [0.4, 0.5) is 10.5 Å². The quantitative estimate of drug-likeness (QED) is 0.516. The Morgan fingerprint density at radius 3 is 2.17 bits per heavy atom. The number of nitrogens with one attached hydrogen (secondary N) is 1. The molecule has 3 aromatic carbocycles. The highest BCUT2D eigenvalue weighted by molar-refractivity contribution is 9.10. The number of carbonyl (C=O) groups is 2. The van der Waals surface area contributed by atoms with Gasteiger partial charge >= 0.3 is 12.1 Å². The van der Waals surface area contributed by atoms with Crippen LogP contribution in [0.15, 0.2) is 65.1 Å². The van der Waals surface area contributed by atoms with Crippen LogP contribution in [0.1, 0.15) is 27.4 Å². The second kappa shape index (κ2) is 8.20. The van der Waals surface area contributed by atoms with Crippen molar-refractivity contribution in [3.8, 4) is 16.9 Å². The lowest BCUT2D eigenvalue weighted by atomic mass is 9.98. The predicted molar refractivity (Wildman–Crippen MR) is 116 cm³/mol. The molecule has 0 radical (unpaired) electrons. The molecule has 0 saturated carbocycles. The van der Waals surface area contributed by atoms with Crippen molar-refractivity contribution >= 4 is 33.7 Å². The third kappa shape index (κ3) is 3.52. The molecule has 0 heterocycles. The summed E-state index contributed by atoms with van der Waals surface area (Å²) in [5.41, 5.74) is 4.38. The summed E-state index contributed by atoms with van der Waals surface area (Å²) in [5.74, 6) is -1.06. The zero-order chi connectivity index (χ0) is 21.3. The molecular formula is C23H18BrNO5. The Morgan fingerprint density at radius 1 is 1.00 bits per heavy atom. The number of carboxylic acids is 1. The molecule has 30 heavy (non-hydrogen) atoms. The predicted octanol–water partition coefficient (Wildman–Crippen LogP) is 5.52. The van der Waals surface area contributed by atoms with Gasteiger partial charge in [-0.2, -0.15) is 0 Å². The van der Waals surface area contributed by atoms with Gasteiger partial charge in [0.25, 0.3) is 0 Å². The van der Waals surface area contributed by atoms with Gasteiger partial charge in [-0.1, -0.05) is 48.5 Å². The van der Waals surface area contributed by atoms with E-state index in [1.165, 1.54) is 7.11 Å². The maximum atomic E-state index is 12.6. The van der Waals surface area contributed by atoms with E-state index in [4.69, 9.17) is 9.47 Å². The number of hydrogen-bond donors (Lipinski definition) is 2. The number of benzene rings is 3. The molecule has 0 fully saturated rings. The number of fused-ring (bicyclic) bond motifs is 3. The number of rotatable bonds is 5. The number of carboxylic acid groups (broad SMARTS) is 1. The van der Waals surface area contributed by atoms with E-state index in [0.29, 0.717) is 4.47 Å². The van der Waals surface area contributed by atoms with Crippen LogP contribution in [0.5, 0.6) is 5.75 Å². The minimum atomic E-state index is -1.20. The lowest BCUT2D eigenvalue weighted by molar-refractivity contribution is 0.0696. The average molecular weight is 468 g/mol. The summed E-state index contributed by atoms with van der Waals surface area (Å²) in [4.78, 5) is 24.2. The van der Waals surface area contributed by atoms with Crippen LogP contribution in [-0.2, 0) is 4.74 Å². The highest BCUT2D eigenvalue weighted by Gasteiger charge is 2.29. The molecule has 0 bridgehead atoms. The van der Waals surface area contributed by atoms with Crippen molar-refractivity contribution < 1.29 is 24.2 Å². The first-order valence-corrected chi connectivity index (χ1v) is 10.0. The Hall–Kier alpha value is -3.32. The maximum Gasteiger partial charge on any atom is 0.411 e. The highest BCUT2D eigenvalue weighted by Crippen LogP contribution is 2.44. The summed E-state index contributed by atoms with van der Waals surface area (Å²) in [6, 6.07) is 19.2. The molecule has 0 saturated heterocycles. The van der Waals surface area contributed by atoms with Crippen molar-refractivity contribution in [1.82, 2.24) is 0 Å². The molecule has 0 spiro atoms. The third-order valence-electron chi connectivity index (χ3n) is 5.12. The van der Waals surface area contributed by atoms with E-state index < -0.39 is 12.1 Å². The van der Waals surface area contributed by atoms with E-state index in [2.05, 4.69) is 33.4 Å². The van der Waals surface area contributed by atoms with Crippen LogP contribution < -0.4 is 10.1 Å². The highest BCUT2D eigenvalue weighted by atomic mass is 79.9. The van der Waals surface area contributed by atoms with Crippen LogP contribution in [0.2, 0.25) is 0 Å². The number of amides is 1. The number of hydrogen-bond acceptors (Lipinski definition) is 4. The Labute approximate surface area is 181 Å². The minimum Gasteiger partial charge on any atom is -0.495 e. The summed E-state index contributed by atoms with van der Waals surface area (Å²) in [5, 5.41) is 12.0. The van der Waals surface area contributed by atoms with Gasteiger partial charge in [0.2, 0.25) is 0 Å². The Morgan fingerprint density at radius 2 is 1.60 bits per heavy atom. The Balaban J connectivity index is 1.56. The Kier molecular flexibility index (Phi) is 5.46. The van der Waals surface area contributed by atoms with E-state index in [-0.39, 0.29) is 29.5 Å². The van der Waals surface area contributed by atoms with Gasteiger partial charge in [0, 0.05) is 10.4 Å². The molecule has 1 aliphatic rings. The fourth-order valence-electron chi connectivity index (χ4n) is 3.80. The summed E-state index contributed by atoms with van der Waals surface area (Å²) < 4.78 is 11.0. The van der Waals surface area contributed by atoms with Crippen LogP contribution in [0.3, 0.4) is 0 Å². The lowest BCUT2D eigenvalue weighted by Crippen LogP contribution is -2.20. The molecule has 2 N–H and O–H groups in total. The van der Waals surface area contributed by atoms with Gasteiger partial charge in [0.1, 0.15) is 23.6 Å². The number of aromatic carboxylic acids is 1. The van der Waals surface area contributed by atoms with E-state index in [9.17, 15) is 14.7 Å². The van der Waals surface area contributed by atoms with Gasteiger partial charge in [-0.15, -0.1) is 0 Å². The second-order valence-electron chi connectivity index (χ2n) is 6.76. The van der Waals surface area contributed by atoms with Gasteiger partial charge in [-0.05, 0) is 50.3 Å². The van der Waals surface area contributed by atoms with Crippen molar-refractivity contribution in [3.63, 3.8) is 0 Å². The first-order valence-electron chi connectivity index (χ1n) is 9.23. The summed E-state index contributed by atoms with van der Waals surface area (Å²) in [7, 11) is 1.40. The van der Waals surface area contributed by atoms with Crippen molar-refractivity contribution in [3.05, 3.63) is 81.8 Å². The first kappa shape index (κ1) is 20.0. The molecule has 6 nitrogen and oxygen atoms in total. The van der Waals surface area contributed by atoms with Crippen molar-refractivity contribution in [2.24, 2.45) is 0 Å². The minimum absolute atomic E-state index is 0.0385. The fourth-order valence-corrected chi connectivity index (χ4v) is 4.30. The Bertz CT molecular complexity index is 1100. The van der Waals surface area contributed by atoms with Gasteiger partial charge in [-0.25, -0.2) is 9.59 Å². The van der Waals surface area contributed by atoms with Gasteiger partial charge in [0.15, 0.2) is 0 Å². The average Bonchev–Trinajstić information content (AvgIpc) is 3.06. The molecule has 7 heteroatoms. The van der Waals surface area contributed by atoms with Crippen LogP contribution in [0.25, 0.3) is 11.1 Å². The normalized spacial score (nSPS) is 12.1. The van der Waals surface area contributed by atoms with Crippen LogP contribution in [0, 0.1) is 0 Å². The molecular weight excluding hydrogens is 450 g/mol. The van der Waals surface area contributed by atoms with Gasteiger partial charge in [-0.3, -0.25) is 5.32 Å². The standard InChI is InChI=1S/C23H18BrNO5/c1-29-19-11-10-18(24)20(22(26)27)21(19)25-23(28)30-12-17-15-8-4-2-6-13(15)14-7-3-5-9-16(14)17/h2-11,17H,12H2,1H3,(H,25,28)(H,26,27). The summed E-state index contributed by atoms with van der Waals surface area (Å²) in [6.45, 7) is 0.124. The zero-order valence-electron chi connectivity index (χ0n) is 16.0. The number of halogens is 1. The molecule has 0 aliphatic heterocycles. The number of methoxy groups -OCH3 is 1. The van der Waals surface area contributed by atoms with Crippen molar-refractivity contribution in [2.75, 3.05) is 19.0 Å². The molecule has 1 aliphatic carbocycles. The van der Waals surface area contributed by atoms with Gasteiger partial charge < -0.3 is 14.6 Å². The molecule has 0 aromatic heterocycles. The summed E-state index contributed by atoms with van der Waals surface area (Å²) >= 11 is 3.20. The summed E-state index contributed by atoms with van der Waals surface area (Å²) in [6.07, 6.45) is -0.754. The third-order valence-corrected chi connectivity index (χ3v) is 5.78. The smallest absolute Gasteiger partial charge is 0.411 e. The molecule has 4 rings (SSSR count). The lowest BCUT2D eigenvalue weighted by Gasteiger charge is -2.17. The molecule has 0 unspecified atom stereocenters. The second-order valence-corrected chi connectivity index (χ2v) is 7.61. The fraction of sp³-hybridized carbons (Fsp3) is 0.130. The van der Waals surface area contributed by atoms with E-state index in [0.717, 1.165) is 22.3 Å². The molecule has 152 valence electrons. The molecule has 1 amide bonds. The SMILES string of the molecule is COc1ccc(Br)c(C(=O)O)c1NC(=O)OCC1c2ccccc2-c2ccccc21. The van der Waals surface area contributed by atoms with E-state index >= 15 is 0 Å². The zero-order valence-corrected chi connectivity index (χ0v) is 17.6. The maximum absolute atomic E-state index is 12.6. The topological polar surface area (TPSA) is 84.9 Å². The number of carbonyl (C=O) groups excluding carboxylic acids is 1. The largest absolute Gasteiger partial charge is 0.495 e. The molecule has 3 aromatic rings. The molecule has 0 atom stereocenters.